The lowest BCUT2D eigenvalue weighted by molar-refractivity contribution is -0.132. The Balaban J connectivity index is 2.57. The number of rotatable bonds is 4. The van der Waals surface area contributed by atoms with E-state index in [1.165, 1.54) is 6.07 Å². The predicted molar refractivity (Wildman–Crippen MR) is 46.3 cm³/mol. The van der Waals surface area contributed by atoms with Crippen molar-refractivity contribution < 1.29 is 17.6 Å². The van der Waals surface area contributed by atoms with Gasteiger partial charge in [0.2, 0.25) is 0 Å². The van der Waals surface area contributed by atoms with Crippen molar-refractivity contribution in [1.29, 1.82) is 0 Å². The molecule has 1 aromatic heterocycles. The molecule has 0 fully saturated rings. The summed E-state index contributed by atoms with van der Waals surface area (Å²) in [5.74, 6) is -3.99. The van der Waals surface area contributed by atoms with Gasteiger partial charge in [-0.25, -0.2) is 27.5 Å². The lowest BCUT2D eigenvalue weighted by atomic mass is 10.1. The van der Waals surface area contributed by atoms with Crippen molar-refractivity contribution in [3.05, 3.63) is 23.2 Å². The van der Waals surface area contributed by atoms with E-state index in [9.17, 15) is 17.6 Å². The summed E-state index contributed by atoms with van der Waals surface area (Å²) < 4.78 is 48.6. The molecule has 0 aromatic carbocycles. The van der Waals surface area contributed by atoms with Crippen LogP contribution in [0.1, 0.15) is 12.1 Å². The predicted octanol–water partition coefficient (Wildman–Crippen LogP) is 2.96. The molecule has 1 heterocycles. The number of aryl methyl sites for hydroxylation is 1. The van der Waals surface area contributed by atoms with E-state index >= 15 is 0 Å². The standard InChI is InChI=1S/C8H7ClF4N2/c9-6-3-5(14-4-15-6)1-2-8(12,13)7(10)11/h3-4,7H,1-2H2. The smallest absolute Gasteiger partial charge is 0.241 e. The van der Waals surface area contributed by atoms with Gasteiger partial charge < -0.3 is 0 Å². The Hall–Kier alpha value is -0.910. The second-order valence-corrected chi connectivity index (χ2v) is 3.28. The van der Waals surface area contributed by atoms with Crippen LogP contribution in [0, 0.1) is 0 Å². The largest absolute Gasteiger partial charge is 0.307 e. The summed E-state index contributed by atoms with van der Waals surface area (Å²) in [6.07, 6.45) is -3.79. The number of nitrogens with zero attached hydrogens (tertiary/aromatic N) is 2. The van der Waals surface area contributed by atoms with Crippen molar-refractivity contribution in [3.63, 3.8) is 0 Å². The highest BCUT2D eigenvalue weighted by Crippen LogP contribution is 2.27. The second-order valence-electron chi connectivity index (χ2n) is 2.89. The molecule has 84 valence electrons. The van der Waals surface area contributed by atoms with Crippen LogP contribution in [-0.2, 0) is 6.42 Å². The molecule has 1 aromatic rings. The average molecular weight is 243 g/mol. The molecule has 1 rings (SSSR count). The van der Waals surface area contributed by atoms with Gasteiger partial charge in [0.15, 0.2) is 0 Å². The van der Waals surface area contributed by atoms with E-state index in [0.717, 1.165) is 6.33 Å². The monoisotopic (exact) mass is 242 g/mol. The average Bonchev–Trinajstić information content (AvgIpc) is 2.15. The molecular formula is C8H7ClF4N2. The zero-order valence-electron chi connectivity index (χ0n) is 7.43. The van der Waals surface area contributed by atoms with Gasteiger partial charge in [0.1, 0.15) is 11.5 Å². The van der Waals surface area contributed by atoms with Crippen molar-refractivity contribution in [2.75, 3.05) is 0 Å². The first-order valence-electron chi connectivity index (χ1n) is 4.04. The van der Waals surface area contributed by atoms with Crippen LogP contribution in [0.5, 0.6) is 0 Å². The third-order valence-electron chi connectivity index (χ3n) is 1.72. The number of hydrogen-bond donors (Lipinski definition) is 0. The van der Waals surface area contributed by atoms with Crippen LogP contribution in [0.25, 0.3) is 0 Å². The molecule has 0 spiro atoms. The topological polar surface area (TPSA) is 25.8 Å². The fraction of sp³-hybridized carbons (Fsp3) is 0.500. The van der Waals surface area contributed by atoms with Crippen LogP contribution < -0.4 is 0 Å². The molecule has 0 amide bonds. The van der Waals surface area contributed by atoms with Crippen LogP contribution in [0.15, 0.2) is 12.4 Å². The molecule has 0 bridgehead atoms. The maximum absolute atomic E-state index is 12.5. The van der Waals surface area contributed by atoms with E-state index in [-0.39, 0.29) is 17.3 Å². The Labute approximate surface area is 88.3 Å². The summed E-state index contributed by atoms with van der Waals surface area (Å²) in [5.41, 5.74) is 0.218. The van der Waals surface area contributed by atoms with Gasteiger partial charge in [-0.1, -0.05) is 11.6 Å². The summed E-state index contributed by atoms with van der Waals surface area (Å²) in [5, 5.41) is 0.0976. The van der Waals surface area contributed by atoms with E-state index in [1.807, 2.05) is 0 Å². The minimum atomic E-state index is -3.99. The molecule has 0 atom stereocenters. The molecule has 0 saturated carbocycles. The van der Waals surface area contributed by atoms with Crippen LogP contribution in [0.2, 0.25) is 5.15 Å². The minimum Gasteiger partial charge on any atom is -0.241 e. The Morgan fingerprint density at radius 3 is 2.53 bits per heavy atom. The zero-order chi connectivity index (χ0) is 11.5. The number of alkyl halides is 4. The van der Waals surface area contributed by atoms with Crippen molar-refractivity contribution >= 4 is 11.6 Å². The van der Waals surface area contributed by atoms with Crippen LogP contribution in [0.4, 0.5) is 17.6 Å². The molecule has 0 aliphatic heterocycles. The van der Waals surface area contributed by atoms with Gasteiger partial charge in [0, 0.05) is 12.1 Å². The zero-order valence-corrected chi connectivity index (χ0v) is 8.19. The SMILES string of the molecule is FC(F)C(F)(F)CCc1cc(Cl)ncn1. The van der Waals surface area contributed by atoms with Crippen LogP contribution in [0.3, 0.4) is 0 Å². The van der Waals surface area contributed by atoms with Crippen molar-refractivity contribution in [1.82, 2.24) is 9.97 Å². The summed E-state index contributed by atoms with van der Waals surface area (Å²) in [6, 6.07) is 1.27. The van der Waals surface area contributed by atoms with E-state index in [0.29, 0.717) is 0 Å². The molecule has 15 heavy (non-hydrogen) atoms. The summed E-state index contributed by atoms with van der Waals surface area (Å²) >= 11 is 5.47. The Morgan fingerprint density at radius 1 is 1.33 bits per heavy atom. The summed E-state index contributed by atoms with van der Waals surface area (Å²) in [7, 11) is 0. The van der Waals surface area contributed by atoms with Gasteiger partial charge >= 0.3 is 12.3 Å². The lowest BCUT2D eigenvalue weighted by Crippen LogP contribution is -2.27. The first-order chi connectivity index (χ1) is 6.92. The second kappa shape index (κ2) is 4.74. The van der Waals surface area contributed by atoms with Gasteiger partial charge in [-0.3, -0.25) is 0 Å². The molecule has 0 aliphatic carbocycles. The maximum atomic E-state index is 12.5. The molecule has 0 unspecified atom stereocenters. The highest BCUT2D eigenvalue weighted by Gasteiger charge is 2.39. The minimum absolute atomic E-state index is 0.0976. The molecule has 7 heteroatoms. The van der Waals surface area contributed by atoms with E-state index in [4.69, 9.17) is 11.6 Å². The number of aromatic nitrogens is 2. The highest BCUT2D eigenvalue weighted by molar-refractivity contribution is 6.29. The van der Waals surface area contributed by atoms with Gasteiger partial charge in [-0.2, -0.15) is 0 Å². The third kappa shape index (κ3) is 3.62. The van der Waals surface area contributed by atoms with E-state index in [2.05, 4.69) is 9.97 Å². The van der Waals surface area contributed by atoms with Crippen LogP contribution >= 0.6 is 11.6 Å². The van der Waals surface area contributed by atoms with Crippen molar-refractivity contribution in [2.24, 2.45) is 0 Å². The van der Waals surface area contributed by atoms with Gasteiger partial charge in [0.05, 0.1) is 0 Å². The summed E-state index contributed by atoms with van der Waals surface area (Å²) in [4.78, 5) is 7.17. The normalized spacial score (nSPS) is 12.1. The molecule has 0 aliphatic rings. The molecule has 0 N–H and O–H groups in total. The van der Waals surface area contributed by atoms with E-state index < -0.39 is 18.8 Å². The first kappa shape index (κ1) is 12.2. The maximum Gasteiger partial charge on any atom is 0.307 e. The molecule has 0 saturated heterocycles. The molecule has 0 radical (unpaired) electrons. The fourth-order valence-electron chi connectivity index (χ4n) is 0.911. The highest BCUT2D eigenvalue weighted by atomic mass is 35.5. The van der Waals surface area contributed by atoms with Crippen molar-refractivity contribution in [2.45, 2.75) is 25.2 Å². The van der Waals surface area contributed by atoms with Gasteiger partial charge in [-0.15, -0.1) is 0 Å². The molecule has 2 nitrogen and oxygen atoms in total. The number of hydrogen-bond acceptors (Lipinski definition) is 2. The van der Waals surface area contributed by atoms with Gasteiger partial charge in [-0.05, 0) is 12.5 Å². The van der Waals surface area contributed by atoms with Gasteiger partial charge in [0.25, 0.3) is 0 Å². The summed E-state index contributed by atoms with van der Waals surface area (Å²) in [6.45, 7) is 0. The Morgan fingerprint density at radius 2 is 2.00 bits per heavy atom. The number of halogens is 5. The Kier molecular flexibility index (Phi) is 3.84. The van der Waals surface area contributed by atoms with Crippen molar-refractivity contribution in [3.8, 4) is 0 Å². The van der Waals surface area contributed by atoms with E-state index in [1.54, 1.807) is 0 Å². The lowest BCUT2D eigenvalue weighted by Gasteiger charge is -2.14. The first-order valence-corrected chi connectivity index (χ1v) is 4.42. The fourth-order valence-corrected chi connectivity index (χ4v) is 1.08. The Bertz CT molecular complexity index is 332. The quantitative estimate of drug-likeness (QED) is 0.599. The third-order valence-corrected chi connectivity index (χ3v) is 1.93. The molecular weight excluding hydrogens is 236 g/mol. The van der Waals surface area contributed by atoms with Crippen LogP contribution in [-0.4, -0.2) is 22.3 Å².